The summed E-state index contributed by atoms with van der Waals surface area (Å²) >= 11 is 0. The van der Waals surface area contributed by atoms with E-state index >= 15 is 0 Å². The van der Waals surface area contributed by atoms with Gasteiger partial charge in [-0.1, -0.05) is 38.1 Å². The van der Waals surface area contributed by atoms with Crippen LogP contribution in [0.4, 0.5) is 0 Å². The minimum atomic E-state index is -0.259. The number of benzene rings is 3. The van der Waals surface area contributed by atoms with E-state index in [0.29, 0.717) is 35.3 Å². The van der Waals surface area contributed by atoms with Gasteiger partial charge >= 0.3 is 0 Å². The van der Waals surface area contributed by atoms with Crippen molar-refractivity contribution in [3.63, 3.8) is 0 Å². The summed E-state index contributed by atoms with van der Waals surface area (Å²) in [6.45, 7) is 8.14. The zero-order chi connectivity index (χ0) is 28.6. The summed E-state index contributed by atoms with van der Waals surface area (Å²) in [5.74, 6) is 3.20. The van der Waals surface area contributed by atoms with E-state index < -0.39 is 0 Å². The van der Waals surface area contributed by atoms with Crippen LogP contribution in [0.15, 0.2) is 54.6 Å². The number of unbranched alkanes of at least 4 members (excludes halogenated alkanes) is 1. The van der Waals surface area contributed by atoms with Crippen LogP contribution in [0.2, 0.25) is 0 Å². The van der Waals surface area contributed by atoms with Gasteiger partial charge in [-0.25, -0.2) is 4.98 Å². The first-order valence-electron chi connectivity index (χ1n) is 13.6. The molecular formula is C32H39N3O5. The predicted molar refractivity (Wildman–Crippen MR) is 157 cm³/mol. The molecule has 40 heavy (non-hydrogen) atoms. The number of hydrogen-bond acceptors (Lipinski definition) is 6. The van der Waals surface area contributed by atoms with Crippen molar-refractivity contribution in [2.45, 2.75) is 52.6 Å². The van der Waals surface area contributed by atoms with Gasteiger partial charge in [-0.15, -0.1) is 0 Å². The lowest BCUT2D eigenvalue weighted by molar-refractivity contribution is 0.0948. The summed E-state index contributed by atoms with van der Waals surface area (Å²) in [5.41, 5.74) is 4.78. The molecule has 4 rings (SSSR count). The monoisotopic (exact) mass is 545 g/mol. The molecule has 1 aromatic heterocycles. The smallest absolute Gasteiger partial charge is 0.251 e. The van der Waals surface area contributed by atoms with E-state index in [0.717, 1.165) is 42.0 Å². The minimum absolute atomic E-state index is 0.259. The maximum Gasteiger partial charge on any atom is 0.251 e. The maximum atomic E-state index is 13.1. The number of aryl methyl sites for hydroxylation is 2. The molecule has 3 aromatic carbocycles. The molecule has 0 saturated carbocycles. The van der Waals surface area contributed by atoms with Gasteiger partial charge in [-0.2, -0.15) is 0 Å². The Balaban J connectivity index is 1.43. The first-order valence-corrected chi connectivity index (χ1v) is 13.6. The number of ether oxygens (including phenoxy) is 4. The summed E-state index contributed by atoms with van der Waals surface area (Å²) in [6, 6.07) is 17.7. The zero-order valence-corrected chi connectivity index (χ0v) is 24.2. The molecule has 1 amide bonds. The van der Waals surface area contributed by atoms with Crippen LogP contribution in [-0.4, -0.2) is 43.4 Å². The molecule has 0 atom stereocenters. The van der Waals surface area contributed by atoms with Crippen molar-refractivity contribution in [2.24, 2.45) is 0 Å². The Labute approximate surface area is 236 Å². The van der Waals surface area contributed by atoms with Crippen molar-refractivity contribution in [2.75, 3.05) is 27.9 Å². The number of hydrogen-bond donors (Lipinski definition) is 1. The summed E-state index contributed by atoms with van der Waals surface area (Å²) in [4.78, 5) is 17.9. The number of nitrogens with one attached hydrogen (secondary N) is 1. The predicted octanol–water partition coefficient (Wildman–Crippen LogP) is 6.28. The van der Waals surface area contributed by atoms with Crippen molar-refractivity contribution < 1.29 is 23.7 Å². The van der Waals surface area contributed by atoms with Crippen molar-refractivity contribution in [3.8, 4) is 23.0 Å². The van der Waals surface area contributed by atoms with Crippen molar-refractivity contribution in [3.05, 3.63) is 77.1 Å². The van der Waals surface area contributed by atoms with Gasteiger partial charge in [0.15, 0.2) is 11.5 Å². The lowest BCUT2D eigenvalue weighted by Crippen LogP contribution is -2.25. The van der Waals surface area contributed by atoms with Crippen LogP contribution >= 0.6 is 0 Å². The third-order valence-electron chi connectivity index (χ3n) is 6.89. The molecule has 8 heteroatoms. The zero-order valence-electron chi connectivity index (χ0n) is 24.2. The quantitative estimate of drug-likeness (QED) is 0.199. The van der Waals surface area contributed by atoms with E-state index in [9.17, 15) is 4.79 Å². The summed E-state index contributed by atoms with van der Waals surface area (Å²) in [6.07, 6.45) is 1.81. The highest BCUT2D eigenvalue weighted by molar-refractivity contribution is 5.95. The molecule has 0 aliphatic heterocycles. The van der Waals surface area contributed by atoms with Crippen LogP contribution < -0.4 is 24.3 Å². The highest BCUT2D eigenvalue weighted by atomic mass is 16.5. The van der Waals surface area contributed by atoms with E-state index in [4.69, 9.17) is 23.9 Å². The van der Waals surface area contributed by atoms with Crippen LogP contribution in [0, 0.1) is 6.92 Å². The number of fused-ring (bicyclic) bond motifs is 1. The molecular weight excluding hydrogens is 506 g/mol. The topological polar surface area (TPSA) is 83.8 Å². The van der Waals surface area contributed by atoms with Crippen LogP contribution in [0.5, 0.6) is 23.0 Å². The number of rotatable bonds is 13. The first kappa shape index (κ1) is 28.8. The Morgan fingerprint density at radius 1 is 0.925 bits per heavy atom. The molecule has 1 heterocycles. The molecule has 0 aliphatic carbocycles. The molecule has 4 aromatic rings. The van der Waals surface area contributed by atoms with Gasteiger partial charge in [0, 0.05) is 12.1 Å². The third kappa shape index (κ3) is 6.50. The second kappa shape index (κ2) is 13.2. The van der Waals surface area contributed by atoms with Crippen LogP contribution in [0.1, 0.15) is 59.9 Å². The van der Waals surface area contributed by atoms with Crippen LogP contribution in [0.3, 0.4) is 0 Å². The number of carbonyl (C=O) groups is 1. The molecule has 8 nitrogen and oxygen atoms in total. The molecule has 0 bridgehead atoms. The Morgan fingerprint density at radius 2 is 1.65 bits per heavy atom. The van der Waals surface area contributed by atoms with E-state index in [1.165, 1.54) is 32.5 Å². The highest BCUT2D eigenvalue weighted by Gasteiger charge is 2.18. The lowest BCUT2D eigenvalue weighted by Gasteiger charge is -2.15. The second-order valence-electron chi connectivity index (χ2n) is 10.0. The molecule has 212 valence electrons. The fraction of sp³-hybridized carbons (Fsp3) is 0.375. The van der Waals surface area contributed by atoms with Gasteiger partial charge in [0.1, 0.15) is 11.6 Å². The van der Waals surface area contributed by atoms with E-state index in [1.807, 2.05) is 18.2 Å². The Morgan fingerprint density at radius 3 is 2.33 bits per heavy atom. The van der Waals surface area contributed by atoms with Gasteiger partial charge in [0.05, 0.1) is 45.5 Å². The van der Waals surface area contributed by atoms with E-state index in [-0.39, 0.29) is 12.5 Å². The normalized spacial score (nSPS) is 11.1. The lowest BCUT2D eigenvalue weighted by atomic mass is 10.0. The molecule has 0 unspecified atom stereocenters. The number of imidazole rings is 1. The van der Waals surface area contributed by atoms with Crippen molar-refractivity contribution in [1.29, 1.82) is 0 Å². The highest BCUT2D eigenvalue weighted by Crippen LogP contribution is 2.38. The average molecular weight is 546 g/mol. The van der Waals surface area contributed by atoms with Gasteiger partial charge in [-0.05, 0) is 67.1 Å². The molecule has 1 N–H and O–H groups in total. The minimum Gasteiger partial charge on any atom is -0.493 e. The molecule has 0 fully saturated rings. The van der Waals surface area contributed by atoms with Gasteiger partial charge in [-0.3, -0.25) is 4.79 Å². The summed E-state index contributed by atoms with van der Waals surface area (Å²) in [7, 11) is 4.58. The Bertz CT molecular complexity index is 1440. The molecule has 0 spiro atoms. The van der Waals surface area contributed by atoms with Crippen molar-refractivity contribution >= 4 is 16.9 Å². The number of methoxy groups -OCH3 is 3. The number of aromatic nitrogens is 2. The largest absolute Gasteiger partial charge is 0.493 e. The number of para-hydroxylation sites is 2. The Hall–Kier alpha value is -4.20. The number of amides is 1. The number of carbonyl (C=O) groups excluding carboxylic acids is 1. The first-order chi connectivity index (χ1) is 19.4. The van der Waals surface area contributed by atoms with Crippen LogP contribution in [0.25, 0.3) is 11.0 Å². The van der Waals surface area contributed by atoms with Crippen molar-refractivity contribution in [1.82, 2.24) is 14.9 Å². The average Bonchev–Trinajstić information content (AvgIpc) is 3.31. The van der Waals surface area contributed by atoms with E-state index in [1.54, 1.807) is 12.1 Å². The van der Waals surface area contributed by atoms with Crippen LogP contribution in [-0.2, 0) is 13.1 Å². The SMILES string of the molecule is COc1cc(C(=O)NCc2nc3ccccc3n2CCCCOc2cc(C)ccc2C(C)C)cc(OC)c1OC. The third-order valence-corrected chi connectivity index (χ3v) is 6.89. The fourth-order valence-electron chi connectivity index (χ4n) is 4.78. The molecule has 0 aliphatic rings. The second-order valence-corrected chi connectivity index (χ2v) is 10.0. The summed E-state index contributed by atoms with van der Waals surface area (Å²) in [5, 5.41) is 3.00. The van der Waals surface area contributed by atoms with Gasteiger partial charge in [0.2, 0.25) is 5.75 Å². The Kier molecular flexibility index (Phi) is 9.53. The van der Waals surface area contributed by atoms with Gasteiger partial charge < -0.3 is 28.8 Å². The van der Waals surface area contributed by atoms with E-state index in [2.05, 4.69) is 54.9 Å². The standard InChI is InChI=1S/C32H39N3O5/c1-21(2)24-14-13-22(3)17-27(24)40-16-10-9-15-35-26-12-8-7-11-25(26)34-30(35)20-33-32(36)23-18-28(37-4)31(39-6)29(19-23)38-5/h7-8,11-14,17-19,21H,9-10,15-16,20H2,1-6H3,(H,33,36). The van der Waals surface area contributed by atoms with Gasteiger partial charge in [0.25, 0.3) is 5.91 Å². The molecule has 0 radical (unpaired) electrons. The number of nitrogens with zero attached hydrogens (tertiary/aromatic N) is 2. The maximum absolute atomic E-state index is 13.1. The summed E-state index contributed by atoms with van der Waals surface area (Å²) < 4.78 is 24.5. The fourth-order valence-corrected chi connectivity index (χ4v) is 4.78. The molecule has 0 saturated heterocycles.